The minimum absolute atomic E-state index is 0.191. The topological polar surface area (TPSA) is 53.4 Å². The third-order valence-electron chi connectivity index (χ3n) is 5.77. The summed E-state index contributed by atoms with van der Waals surface area (Å²) < 4.78 is 16.2. The van der Waals surface area contributed by atoms with Crippen LogP contribution in [0.25, 0.3) is 5.69 Å². The van der Waals surface area contributed by atoms with Crippen molar-refractivity contribution in [2.24, 2.45) is 0 Å². The van der Waals surface area contributed by atoms with Gasteiger partial charge in [-0.1, -0.05) is 35.9 Å². The summed E-state index contributed by atoms with van der Waals surface area (Å²) in [7, 11) is 1.74. The van der Waals surface area contributed by atoms with Crippen molar-refractivity contribution in [3.63, 3.8) is 0 Å². The molecule has 8 heteroatoms. The van der Waals surface area contributed by atoms with E-state index in [4.69, 9.17) is 16.7 Å². The summed E-state index contributed by atoms with van der Waals surface area (Å²) in [4.78, 5) is 16.2. The fourth-order valence-corrected chi connectivity index (χ4v) is 4.18. The molecule has 33 heavy (non-hydrogen) atoms. The Hall–Kier alpha value is -3.16. The van der Waals surface area contributed by atoms with Crippen LogP contribution >= 0.6 is 11.6 Å². The Morgan fingerprint density at radius 2 is 2.03 bits per heavy atom. The lowest BCUT2D eigenvalue weighted by Crippen LogP contribution is -2.37. The Bertz CT molecular complexity index is 1140. The first-order chi connectivity index (χ1) is 16.0. The summed E-state index contributed by atoms with van der Waals surface area (Å²) in [5, 5.41) is 8.34. The number of nitrogens with one attached hydrogen (secondary N) is 1. The molecule has 1 aliphatic heterocycles. The van der Waals surface area contributed by atoms with Crippen LogP contribution in [0.1, 0.15) is 22.5 Å². The predicted octanol–water partition coefficient (Wildman–Crippen LogP) is 4.55. The third kappa shape index (κ3) is 5.26. The zero-order valence-corrected chi connectivity index (χ0v) is 19.4. The number of carbonyl (C=O) groups is 1. The second kappa shape index (κ2) is 10.2. The Morgan fingerprint density at radius 3 is 2.76 bits per heavy atom. The van der Waals surface area contributed by atoms with Crippen LogP contribution in [0.15, 0.2) is 61.2 Å². The van der Waals surface area contributed by atoms with E-state index in [0.29, 0.717) is 36.8 Å². The van der Waals surface area contributed by atoms with Gasteiger partial charge in [-0.3, -0.25) is 4.90 Å². The van der Waals surface area contributed by atoms with E-state index in [9.17, 15) is 9.18 Å². The molecule has 2 heterocycles. The molecule has 1 aromatic heterocycles. The van der Waals surface area contributed by atoms with Crippen molar-refractivity contribution in [1.29, 1.82) is 0 Å². The van der Waals surface area contributed by atoms with Gasteiger partial charge < -0.3 is 10.2 Å². The average molecular weight is 468 g/mol. The average Bonchev–Trinajstić information content (AvgIpc) is 3.17. The molecule has 0 aliphatic carbocycles. The number of benzene rings is 2. The highest BCUT2D eigenvalue weighted by Crippen LogP contribution is 2.28. The van der Waals surface area contributed by atoms with E-state index < -0.39 is 0 Å². The Balaban J connectivity index is 1.63. The molecule has 0 saturated carbocycles. The van der Waals surface area contributed by atoms with E-state index in [2.05, 4.69) is 16.8 Å². The highest BCUT2D eigenvalue weighted by Gasteiger charge is 2.27. The maximum absolute atomic E-state index is 14.2. The predicted molar refractivity (Wildman–Crippen MR) is 128 cm³/mol. The van der Waals surface area contributed by atoms with Crippen molar-refractivity contribution in [2.75, 3.05) is 20.1 Å². The van der Waals surface area contributed by atoms with Crippen molar-refractivity contribution < 1.29 is 9.18 Å². The SMILES string of the molecule is C=CCNC(=O)N(C)Cc1nn(-c2ccc(Cl)cc2)c2c1CN(Cc1ccccc1F)CC2. The largest absolute Gasteiger partial charge is 0.335 e. The molecule has 0 bridgehead atoms. The van der Waals surface area contributed by atoms with Crippen LogP contribution in [-0.2, 0) is 26.1 Å². The molecular formula is C25H27ClFN5O. The quantitative estimate of drug-likeness (QED) is 0.519. The summed E-state index contributed by atoms with van der Waals surface area (Å²) in [6.07, 6.45) is 2.41. The Kier molecular flexibility index (Phi) is 7.11. The molecule has 1 N–H and O–H groups in total. The van der Waals surface area contributed by atoms with E-state index in [-0.39, 0.29) is 11.8 Å². The normalized spacial score (nSPS) is 13.4. The summed E-state index contributed by atoms with van der Waals surface area (Å²) >= 11 is 6.08. The monoisotopic (exact) mass is 467 g/mol. The summed E-state index contributed by atoms with van der Waals surface area (Å²) in [6, 6.07) is 14.2. The minimum Gasteiger partial charge on any atom is -0.335 e. The van der Waals surface area contributed by atoms with Gasteiger partial charge in [-0.2, -0.15) is 5.10 Å². The zero-order valence-electron chi connectivity index (χ0n) is 18.6. The van der Waals surface area contributed by atoms with Crippen LogP contribution in [-0.4, -0.2) is 45.7 Å². The van der Waals surface area contributed by atoms with Crippen LogP contribution in [0.2, 0.25) is 5.02 Å². The highest BCUT2D eigenvalue weighted by atomic mass is 35.5. The molecule has 0 unspecified atom stereocenters. The molecule has 0 saturated heterocycles. The maximum Gasteiger partial charge on any atom is 0.317 e. The molecule has 3 aromatic rings. The van der Waals surface area contributed by atoms with Crippen LogP contribution in [0, 0.1) is 5.82 Å². The number of urea groups is 1. The zero-order chi connectivity index (χ0) is 23.4. The van der Waals surface area contributed by atoms with Crippen LogP contribution in [0.4, 0.5) is 9.18 Å². The number of rotatable bonds is 7. The van der Waals surface area contributed by atoms with Crippen molar-refractivity contribution in [3.8, 4) is 5.69 Å². The molecular weight excluding hydrogens is 441 g/mol. The van der Waals surface area contributed by atoms with Gasteiger partial charge in [0.05, 0.1) is 23.6 Å². The molecule has 0 fully saturated rings. The summed E-state index contributed by atoms with van der Waals surface area (Å²) in [6.45, 7) is 6.34. The molecule has 2 aromatic carbocycles. The lowest BCUT2D eigenvalue weighted by Gasteiger charge is -2.28. The van der Waals surface area contributed by atoms with Gasteiger partial charge in [0.15, 0.2) is 0 Å². The second-order valence-corrected chi connectivity index (χ2v) is 8.58. The number of halogens is 2. The first kappa shape index (κ1) is 23.0. The first-order valence-electron chi connectivity index (χ1n) is 10.9. The number of hydrogen-bond acceptors (Lipinski definition) is 3. The number of nitrogens with zero attached hydrogens (tertiary/aromatic N) is 4. The minimum atomic E-state index is -0.195. The molecule has 0 spiro atoms. The number of hydrogen-bond donors (Lipinski definition) is 1. The molecule has 1 aliphatic rings. The number of amides is 2. The molecule has 172 valence electrons. The Labute approximate surface area is 198 Å². The number of fused-ring (bicyclic) bond motifs is 1. The van der Waals surface area contributed by atoms with Gasteiger partial charge in [0.1, 0.15) is 5.82 Å². The Morgan fingerprint density at radius 1 is 1.27 bits per heavy atom. The molecule has 0 atom stereocenters. The van der Waals surface area contributed by atoms with Gasteiger partial charge in [-0.05, 0) is 30.3 Å². The molecule has 6 nitrogen and oxygen atoms in total. The molecule has 4 rings (SSSR count). The van der Waals surface area contributed by atoms with Crippen LogP contribution in [0.3, 0.4) is 0 Å². The van der Waals surface area contributed by atoms with E-state index in [1.807, 2.05) is 41.1 Å². The second-order valence-electron chi connectivity index (χ2n) is 8.14. The fraction of sp³-hybridized carbons (Fsp3) is 0.280. The summed E-state index contributed by atoms with van der Waals surface area (Å²) in [5.74, 6) is -0.195. The van der Waals surface area contributed by atoms with Crippen molar-refractivity contribution in [2.45, 2.75) is 26.1 Å². The lowest BCUT2D eigenvalue weighted by atomic mass is 10.0. The first-order valence-corrected chi connectivity index (χ1v) is 11.2. The lowest BCUT2D eigenvalue weighted by molar-refractivity contribution is 0.206. The van der Waals surface area contributed by atoms with E-state index >= 15 is 0 Å². The van der Waals surface area contributed by atoms with Crippen molar-refractivity contribution >= 4 is 17.6 Å². The van der Waals surface area contributed by atoms with Crippen LogP contribution < -0.4 is 5.32 Å². The van der Waals surface area contributed by atoms with Gasteiger partial charge >= 0.3 is 6.03 Å². The van der Waals surface area contributed by atoms with E-state index in [1.54, 1.807) is 24.1 Å². The number of carbonyl (C=O) groups excluding carboxylic acids is 1. The standard InChI is InChI=1S/C25H27ClFN5O/c1-3-13-28-25(33)30(2)17-23-21-16-31(15-18-6-4-5-7-22(18)27)14-12-24(21)32(29-23)20-10-8-19(26)9-11-20/h3-11H,1,12-17H2,2H3,(H,28,33). The fourth-order valence-electron chi connectivity index (χ4n) is 4.06. The van der Waals surface area contributed by atoms with Crippen LogP contribution in [0.5, 0.6) is 0 Å². The van der Waals surface area contributed by atoms with Crippen molar-refractivity contribution in [1.82, 2.24) is 24.9 Å². The smallest absolute Gasteiger partial charge is 0.317 e. The van der Waals surface area contributed by atoms with Gasteiger partial charge in [0, 0.05) is 55.8 Å². The third-order valence-corrected chi connectivity index (χ3v) is 6.03. The molecule has 2 amide bonds. The van der Waals surface area contributed by atoms with Gasteiger partial charge in [-0.25, -0.2) is 13.9 Å². The maximum atomic E-state index is 14.2. The van der Waals surface area contributed by atoms with E-state index in [0.717, 1.165) is 35.6 Å². The van der Waals surface area contributed by atoms with Gasteiger partial charge in [0.25, 0.3) is 0 Å². The summed E-state index contributed by atoms with van der Waals surface area (Å²) in [5.41, 5.74) is 4.61. The highest BCUT2D eigenvalue weighted by molar-refractivity contribution is 6.30. The number of aromatic nitrogens is 2. The van der Waals surface area contributed by atoms with E-state index in [1.165, 1.54) is 6.07 Å². The van der Waals surface area contributed by atoms with Gasteiger partial charge in [0.2, 0.25) is 0 Å². The molecule has 0 radical (unpaired) electrons. The van der Waals surface area contributed by atoms with Gasteiger partial charge in [-0.15, -0.1) is 6.58 Å². The van der Waals surface area contributed by atoms with Crippen molar-refractivity contribution in [3.05, 3.63) is 94.5 Å².